The van der Waals surface area contributed by atoms with Gasteiger partial charge in [-0.3, -0.25) is 0 Å². The van der Waals surface area contributed by atoms with E-state index in [1.165, 1.54) is 12.8 Å². The third kappa shape index (κ3) is 1.76. The molecule has 0 spiro atoms. The molecule has 1 aromatic rings. The second-order valence-corrected chi connectivity index (χ2v) is 9.72. The maximum atomic E-state index is 4.64. The predicted molar refractivity (Wildman–Crippen MR) is 87.0 cm³/mol. The molecule has 2 nitrogen and oxygen atoms in total. The summed E-state index contributed by atoms with van der Waals surface area (Å²) in [5.74, 6) is 3.06. The van der Waals surface area contributed by atoms with Crippen molar-refractivity contribution in [2.24, 2.45) is 22.7 Å². The predicted octanol–water partition coefficient (Wildman–Crippen LogP) is -3.45. The van der Waals surface area contributed by atoms with E-state index >= 15 is 0 Å². The molecule has 0 radical (unpaired) electrons. The fraction of sp³-hybridized carbons (Fsp3) is 0.700. The zero-order chi connectivity index (χ0) is 15.6. The molecule has 4 heteroatoms. The molecule has 4 bridgehead atoms. The standard InChI is InChI=1S/C20H28N2.2ClH/c1-19(2)11-7-13(19)17(21)15-9(11)5-6-10-12-8-14(20(12,3)4)18(22)16(10)15;;/h5-6,11-14,17-18H,7-8,21-22H2,1-4H3;2*1H/t11-,12-,13+,14+,17+,18+;;/m1../s1. The molecule has 6 aliphatic carbocycles. The van der Waals surface area contributed by atoms with Gasteiger partial charge in [-0.25, -0.2) is 0 Å². The van der Waals surface area contributed by atoms with Crippen LogP contribution in [0.15, 0.2) is 12.1 Å². The van der Waals surface area contributed by atoms with Crippen LogP contribution in [0.3, 0.4) is 0 Å². The maximum absolute atomic E-state index is 4.64. The molecule has 0 aliphatic heterocycles. The first-order chi connectivity index (χ1) is 10.3. The van der Waals surface area contributed by atoms with Crippen LogP contribution in [0.25, 0.3) is 0 Å². The van der Waals surface area contributed by atoms with Gasteiger partial charge in [-0.05, 0) is 46.6 Å². The van der Waals surface area contributed by atoms with Crippen molar-refractivity contribution in [1.29, 1.82) is 0 Å². The minimum Gasteiger partial charge on any atom is -1.00 e. The SMILES string of the molecule is CC1(C)[C@@H]2C[C@H]1[C@H]([NH3+])c1c2ccc2c1[C@@H]([NH3+])[C@@H]1C[C@H]2C1(C)C.[Cl-].[Cl-]. The molecule has 0 aromatic heterocycles. The summed E-state index contributed by atoms with van der Waals surface area (Å²) in [6.45, 7) is 9.81. The highest BCUT2D eigenvalue weighted by atomic mass is 35.5. The lowest BCUT2D eigenvalue weighted by molar-refractivity contribution is -0.470. The monoisotopic (exact) mass is 368 g/mol. The summed E-state index contributed by atoms with van der Waals surface area (Å²) in [5, 5.41) is 0. The first kappa shape index (κ1) is 18.5. The second-order valence-electron chi connectivity index (χ2n) is 9.72. The highest BCUT2D eigenvalue weighted by Crippen LogP contribution is 2.70. The van der Waals surface area contributed by atoms with Crippen LogP contribution < -0.4 is 36.3 Å². The van der Waals surface area contributed by atoms with Crippen LogP contribution in [-0.4, -0.2) is 0 Å². The molecule has 0 unspecified atom stereocenters. The fourth-order valence-corrected chi connectivity index (χ4v) is 6.85. The molecule has 0 saturated heterocycles. The largest absolute Gasteiger partial charge is 1.00 e. The van der Waals surface area contributed by atoms with Crippen LogP contribution >= 0.6 is 0 Å². The summed E-state index contributed by atoms with van der Waals surface area (Å²) < 4.78 is 0. The Morgan fingerprint density at radius 2 is 1.08 bits per heavy atom. The van der Waals surface area contributed by atoms with Crippen LogP contribution in [-0.2, 0) is 0 Å². The van der Waals surface area contributed by atoms with Crippen molar-refractivity contribution in [3.63, 3.8) is 0 Å². The van der Waals surface area contributed by atoms with Gasteiger partial charge in [0.25, 0.3) is 0 Å². The van der Waals surface area contributed by atoms with E-state index in [0.29, 0.717) is 22.9 Å². The number of quaternary nitrogens is 2. The molecular formula is C20H30Cl2N2. The van der Waals surface area contributed by atoms with Gasteiger partial charge in [0.15, 0.2) is 0 Å². The third-order valence-electron chi connectivity index (χ3n) is 8.51. The van der Waals surface area contributed by atoms with Crippen molar-refractivity contribution in [2.75, 3.05) is 0 Å². The first-order valence-corrected chi connectivity index (χ1v) is 9.09. The van der Waals surface area contributed by atoms with Gasteiger partial charge in [-0.2, -0.15) is 0 Å². The molecule has 6 aliphatic rings. The zero-order valence-electron chi connectivity index (χ0n) is 15.2. The van der Waals surface area contributed by atoms with Gasteiger partial charge < -0.3 is 36.3 Å². The van der Waals surface area contributed by atoms with Gasteiger partial charge in [0, 0.05) is 23.0 Å². The lowest BCUT2D eigenvalue weighted by atomic mass is 9.42. The summed E-state index contributed by atoms with van der Waals surface area (Å²) >= 11 is 0. The maximum Gasteiger partial charge on any atom is 0.114 e. The van der Waals surface area contributed by atoms with Gasteiger partial charge >= 0.3 is 0 Å². The normalized spacial score (nSPS) is 41.4. The molecule has 2 fully saturated rings. The van der Waals surface area contributed by atoms with Crippen molar-refractivity contribution in [1.82, 2.24) is 0 Å². The average Bonchev–Trinajstić information content (AvgIpc) is 2.45. The van der Waals surface area contributed by atoms with Crippen molar-refractivity contribution in [3.05, 3.63) is 34.4 Å². The van der Waals surface area contributed by atoms with E-state index in [4.69, 9.17) is 0 Å². The quantitative estimate of drug-likeness (QED) is 0.478. The van der Waals surface area contributed by atoms with Crippen LogP contribution in [0.5, 0.6) is 0 Å². The van der Waals surface area contributed by atoms with Crippen LogP contribution in [0, 0.1) is 22.7 Å². The highest BCUT2D eigenvalue weighted by molar-refractivity contribution is 5.54. The Morgan fingerprint density at radius 3 is 1.38 bits per heavy atom. The van der Waals surface area contributed by atoms with Gasteiger partial charge in [-0.15, -0.1) is 0 Å². The Morgan fingerprint density at radius 1 is 0.750 bits per heavy atom. The van der Waals surface area contributed by atoms with Gasteiger partial charge in [0.1, 0.15) is 12.1 Å². The number of rotatable bonds is 0. The molecule has 24 heavy (non-hydrogen) atoms. The molecule has 6 N–H and O–H groups in total. The Balaban J connectivity index is 0.000000845. The van der Waals surface area contributed by atoms with Crippen molar-refractivity contribution < 1.29 is 36.3 Å². The topological polar surface area (TPSA) is 55.3 Å². The Hall–Kier alpha value is -0.280. The van der Waals surface area contributed by atoms with E-state index in [1.807, 2.05) is 0 Å². The minimum absolute atomic E-state index is 0. The van der Waals surface area contributed by atoms with E-state index in [0.717, 1.165) is 23.7 Å². The summed E-state index contributed by atoms with van der Waals surface area (Å²) in [6.07, 6.45) is 2.71. The van der Waals surface area contributed by atoms with Gasteiger partial charge in [0.05, 0.1) is 0 Å². The molecular weight excluding hydrogens is 339 g/mol. The highest BCUT2D eigenvalue weighted by Gasteiger charge is 2.63. The van der Waals surface area contributed by atoms with Crippen LogP contribution in [0.1, 0.15) is 86.7 Å². The fourth-order valence-electron chi connectivity index (χ4n) is 6.85. The molecule has 0 heterocycles. The number of halogens is 2. The molecule has 6 atom stereocenters. The van der Waals surface area contributed by atoms with Gasteiger partial charge in [-0.1, -0.05) is 39.8 Å². The van der Waals surface area contributed by atoms with Crippen molar-refractivity contribution in [2.45, 2.75) is 64.5 Å². The number of hydrogen-bond donors (Lipinski definition) is 2. The number of hydrogen-bond acceptors (Lipinski definition) is 0. The van der Waals surface area contributed by atoms with E-state index in [-0.39, 0.29) is 24.8 Å². The third-order valence-corrected chi connectivity index (χ3v) is 8.51. The van der Waals surface area contributed by atoms with Crippen LogP contribution in [0.2, 0.25) is 0 Å². The first-order valence-electron chi connectivity index (χ1n) is 9.09. The van der Waals surface area contributed by atoms with Crippen LogP contribution in [0.4, 0.5) is 0 Å². The lowest BCUT2D eigenvalue weighted by Crippen LogP contribution is -3.00. The lowest BCUT2D eigenvalue weighted by Gasteiger charge is -2.62. The van der Waals surface area contributed by atoms with E-state index in [9.17, 15) is 0 Å². The Kier molecular flexibility index (Phi) is 3.95. The zero-order valence-corrected chi connectivity index (χ0v) is 16.7. The van der Waals surface area contributed by atoms with Gasteiger partial charge in [0.2, 0.25) is 0 Å². The second kappa shape index (κ2) is 5.13. The van der Waals surface area contributed by atoms with Crippen molar-refractivity contribution in [3.8, 4) is 0 Å². The smallest absolute Gasteiger partial charge is 0.114 e. The Bertz CT molecular complexity index is 638. The Labute approximate surface area is 158 Å². The molecule has 2 saturated carbocycles. The van der Waals surface area contributed by atoms with E-state index < -0.39 is 0 Å². The average molecular weight is 369 g/mol. The van der Waals surface area contributed by atoms with E-state index in [1.54, 1.807) is 22.3 Å². The minimum atomic E-state index is 0. The number of benzene rings is 1. The molecule has 1 aromatic carbocycles. The summed E-state index contributed by atoms with van der Waals surface area (Å²) in [7, 11) is 0. The van der Waals surface area contributed by atoms with Crippen molar-refractivity contribution >= 4 is 0 Å². The molecule has 7 rings (SSSR count). The summed E-state index contributed by atoms with van der Waals surface area (Å²) in [6, 6.07) is 5.90. The summed E-state index contributed by atoms with van der Waals surface area (Å²) in [4.78, 5) is 0. The molecule has 134 valence electrons. The van der Waals surface area contributed by atoms with E-state index in [2.05, 4.69) is 51.3 Å². The summed E-state index contributed by atoms with van der Waals surface area (Å²) in [5.41, 5.74) is 16.7. The molecule has 0 amide bonds.